The maximum Gasteiger partial charge on any atom is 0.522 e. The van der Waals surface area contributed by atoms with Crippen LogP contribution < -0.4 is 0 Å². The third-order valence-electron chi connectivity index (χ3n) is 2.93. The first-order chi connectivity index (χ1) is 10.6. The number of hydrogen-bond acceptors (Lipinski definition) is 3. The summed E-state index contributed by atoms with van der Waals surface area (Å²) in [7, 11) is -5.84. The maximum absolute atomic E-state index is 12.9. The second kappa shape index (κ2) is 6.42. The fourth-order valence-electron chi connectivity index (χ4n) is 1.96. The van der Waals surface area contributed by atoms with E-state index in [2.05, 4.69) is 18.2 Å². The van der Waals surface area contributed by atoms with Gasteiger partial charge in [-0.2, -0.15) is 21.6 Å². The molecule has 3 nitrogen and oxygen atoms in total. The summed E-state index contributed by atoms with van der Waals surface area (Å²) in [5.41, 5.74) is -4.74. The van der Waals surface area contributed by atoms with E-state index in [1.54, 1.807) is 11.3 Å². The molecule has 3 rings (SSSR count). The fraction of sp³-hybridized carbons (Fsp3) is 0.143. The van der Waals surface area contributed by atoms with Crippen LogP contribution >= 0.6 is 11.3 Å². The molecule has 0 aliphatic heterocycles. The van der Waals surface area contributed by atoms with E-state index in [1.165, 1.54) is 14.8 Å². The predicted molar refractivity (Wildman–Crippen MR) is 81.7 cm³/mol. The monoisotopic (exact) mass is 366 g/mol. The lowest BCUT2D eigenvalue weighted by Crippen LogP contribution is -2.21. The molecule has 0 bridgehead atoms. The molecule has 0 amide bonds. The number of hydrogen-bond donors (Lipinski definition) is 1. The van der Waals surface area contributed by atoms with Crippen LogP contribution in [0.1, 0.15) is 5.56 Å². The highest BCUT2D eigenvalue weighted by atomic mass is 32.2. The topological polar surface area (TPSA) is 54.4 Å². The second-order valence-electron chi connectivity index (χ2n) is 4.44. The molecule has 1 heterocycles. The van der Waals surface area contributed by atoms with Crippen molar-refractivity contribution in [2.45, 2.75) is 12.2 Å². The van der Waals surface area contributed by atoms with Crippen LogP contribution in [0.5, 0.6) is 0 Å². The van der Waals surface area contributed by atoms with Crippen molar-refractivity contribution in [2.24, 2.45) is 0 Å². The number of fused-ring (bicyclic) bond motifs is 3. The molecule has 0 radical (unpaired) electrons. The Bertz CT molecular complexity index is 930. The van der Waals surface area contributed by atoms with Crippen molar-refractivity contribution in [1.29, 1.82) is 0 Å². The summed E-state index contributed by atoms with van der Waals surface area (Å²) < 4.78 is 72.8. The number of alkyl halides is 4. The van der Waals surface area contributed by atoms with Gasteiger partial charge in [0.05, 0.1) is 0 Å². The standard InChI is InChI=1S/C13H9FS.CHF3O3S/c14-8-9-4-3-7-12-13(9)10-5-1-2-6-11(10)15-12;2-1(3,4)8(5,6)7/h1-7H,8H2;(H,5,6,7). The van der Waals surface area contributed by atoms with Gasteiger partial charge in [-0.25, -0.2) is 4.39 Å². The van der Waals surface area contributed by atoms with Gasteiger partial charge in [0.25, 0.3) is 0 Å². The largest absolute Gasteiger partial charge is 0.522 e. The molecule has 3 aromatic rings. The molecule has 9 heteroatoms. The van der Waals surface area contributed by atoms with Gasteiger partial charge < -0.3 is 0 Å². The Labute approximate surface area is 132 Å². The van der Waals surface area contributed by atoms with Crippen LogP contribution in [0.2, 0.25) is 0 Å². The quantitative estimate of drug-likeness (QED) is 0.378. The zero-order chi connectivity index (χ0) is 17.3. The molecule has 0 unspecified atom stereocenters. The van der Waals surface area contributed by atoms with Gasteiger partial charge in [0.15, 0.2) is 0 Å². The first-order valence-electron chi connectivity index (χ1n) is 6.14. The van der Waals surface area contributed by atoms with Crippen molar-refractivity contribution in [3.63, 3.8) is 0 Å². The van der Waals surface area contributed by atoms with E-state index in [1.807, 2.05) is 24.3 Å². The number of rotatable bonds is 1. The zero-order valence-corrected chi connectivity index (χ0v) is 13.0. The Hall–Kier alpha value is -1.71. The molecule has 23 heavy (non-hydrogen) atoms. The molecular formula is C14H10F4O3S2. The molecule has 0 saturated heterocycles. The lowest BCUT2D eigenvalue weighted by molar-refractivity contribution is -0.0510. The van der Waals surface area contributed by atoms with E-state index >= 15 is 0 Å². The lowest BCUT2D eigenvalue weighted by atomic mass is 10.1. The Balaban J connectivity index is 0.000000207. The molecule has 1 N–H and O–H groups in total. The lowest BCUT2D eigenvalue weighted by Gasteiger charge is -1.97. The molecule has 2 aromatic carbocycles. The molecule has 0 atom stereocenters. The van der Waals surface area contributed by atoms with Crippen LogP contribution in [0.25, 0.3) is 20.2 Å². The summed E-state index contributed by atoms with van der Waals surface area (Å²) in [6.45, 7) is -0.391. The third-order valence-corrected chi connectivity index (χ3v) is 4.65. The van der Waals surface area contributed by atoms with E-state index in [9.17, 15) is 17.6 Å². The van der Waals surface area contributed by atoms with Crippen LogP contribution in [-0.4, -0.2) is 18.5 Å². The first kappa shape index (κ1) is 17.6. The molecule has 0 saturated carbocycles. The van der Waals surface area contributed by atoms with E-state index in [-0.39, 0.29) is 0 Å². The normalized spacial score (nSPS) is 12.2. The Morgan fingerprint density at radius 1 is 1.00 bits per heavy atom. The number of benzene rings is 2. The summed E-state index contributed by atoms with van der Waals surface area (Å²) in [4.78, 5) is 0. The summed E-state index contributed by atoms with van der Waals surface area (Å²) in [6, 6.07) is 14.0. The van der Waals surface area contributed by atoms with Crippen molar-refractivity contribution in [2.75, 3.05) is 0 Å². The van der Waals surface area contributed by atoms with Crippen molar-refractivity contribution < 1.29 is 30.5 Å². The van der Waals surface area contributed by atoms with Crippen molar-refractivity contribution >= 4 is 41.6 Å². The van der Waals surface area contributed by atoms with Crippen LogP contribution in [0, 0.1) is 0 Å². The van der Waals surface area contributed by atoms with Gasteiger partial charge in [-0.3, -0.25) is 4.55 Å². The number of halogens is 4. The fourth-order valence-corrected chi connectivity index (χ4v) is 3.11. The Kier molecular flexibility index (Phi) is 4.92. The van der Waals surface area contributed by atoms with Gasteiger partial charge in [0, 0.05) is 20.2 Å². The molecule has 1 aromatic heterocycles. The molecule has 124 valence electrons. The Morgan fingerprint density at radius 2 is 1.57 bits per heavy atom. The van der Waals surface area contributed by atoms with Crippen molar-refractivity contribution in [1.82, 2.24) is 0 Å². The summed E-state index contributed by atoms with van der Waals surface area (Å²) in [6.07, 6.45) is 0. The summed E-state index contributed by atoms with van der Waals surface area (Å²) in [5.74, 6) is 0. The summed E-state index contributed by atoms with van der Waals surface area (Å²) in [5, 5.41) is 2.26. The van der Waals surface area contributed by atoms with Crippen LogP contribution in [0.3, 0.4) is 0 Å². The van der Waals surface area contributed by atoms with Gasteiger partial charge in [0.1, 0.15) is 6.67 Å². The molecule has 0 aliphatic carbocycles. The Morgan fingerprint density at radius 3 is 2.13 bits per heavy atom. The molecule has 0 spiro atoms. The van der Waals surface area contributed by atoms with Gasteiger partial charge in [0.2, 0.25) is 0 Å². The van der Waals surface area contributed by atoms with E-state index < -0.39 is 22.3 Å². The van der Waals surface area contributed by atoms with Crippen LogP contribution in [0.4, 0.5) is 17.6 Å². The highest BCUT2D eigenvalue weighted by Crippen LogP contribution is 2.35. The van der Waals surface area contributed by atoms with Crippen molar-refractivity contribution in [3.05, 3.63) is 48.0 Å². The third kappa shape index (κ3) is 3.80. The average Bonchev–Trinajstić information content (AvgIpc) is 2.84. The van der Waals surface area contributed by atoms with Gasteiger partial charge >= 0.3 is 15.6 Å². The minimum Gasteiger partial charge on any atom is -0.279 e. The van der Waals surface area contributed by atoms with Gasteiger partial charge in [-0.05, 0) is 17.7 Å². The van der Waals surface area contributed by atoms with E-state index in [0.29, 0.717) is 0 Å². The second-order valence-corrected chi connectivity index (χ2v) is 6.94. The molecular weight excluding hydrogens is 356 g/mol. The van der Waals surface area contributed by atoms with Gasteiger partial charge in [-0.15, -0.1) is 11.3 Å². The van der Waals surface area contributed by atoms with Crippen LogP contribution in [-0.2, 0) is 16.8 Å². The highest BCUT2D eigenvalue weighted by Gasteiger charge is 2.44. The molecule has 0 fully saturated rings. The summed E-state index contributed by atoms with van der Waals surface area (Å²) >= 11 is 1.72. The minimum atomic E-state index is -5.84. The zero-order valence-electron chi connectivity index (χ0n) is 11.3. The molecule has 0 aliphatic rings. The minimum absolute atomic E-state index is 0.391. The van der Waals surface area contributed by atoms with Crippen molar-refractivity contribution in [3.8, 4) is 0 Å². The maximum atomic E-state index is 12.9. The van der Waals surface area contributed by atoms with E-state index in [4.69, 9.17) is 13.0 Å². The predicted octanol–water partition coefficient (Wildman–Crippen LogP) is 4.92. The first-order valence-corrected chi connectivity index (χ1v) is 8.39. The van der Waals surface area contributed by atoms with Gasteiger partial charge in [-0.1, -0.05) is 30.3 Å². The average molecular weight is 366 g/mol. The van der Waals surface area contributed by atoms with Crippen LogP contribution in [0.15, 0.2) is 42.5 Å². The highest BCUT2D eigenvalue weighted by molar-refractivity contribution is 7.86. The van der Waals surface area contributed by atoms with E-state index in [0.717, 1.165) is 10.9 Å². The smallest absolute Gasteiger partial charge is 0.279 e. The SMILES string of the molecule is FCc1cccc2sc3ccccc3c12.O=S(=O)(O)C(F)(F)F. The number of thiophene rings is 1.